The monoisotopic (exact) mass is 116 g/mol. The van der Waals surface area contributed by atoms with Crippen molar-refractivity contribution >= 4 is 23.5 Å². The summed E-state index contributed by atoms with van der Waals surface area (Å²) in [5.41, 5.74) is 0. The molecule has 0 aliphatic carbocycles. The van der Waals surface area contributed by atoms with E-state index >= 15 is 0 Å². The molecule has 0 amide bonds. The van der Waals surface area contributed by atoms with Crippen LogP contribution in [0.25, 0.3) is 0 Å². The molecular weight excluding hydrogens is 112 g/mol. The topological polar surface area (TPSA) is 0 Å². The number of hydrogen-bond donors (Lipinski definition) is 0. The highest BCUT2D eigenvalue weighted by Crippen LogP contribution is 2.35. The van der Waals surface area contributed by atoms with Crippen LogP contribution in [-0.2, 0) is 0 Å². The summed E-state index contributed by atoms with van der Waals surface area (Å²) >= 11 is 3.37. The molecule has 0 atom stereocenters. The molecule has 0 fully saturated rings. The molecule has 32 valence electrons. The molecule has 2 heteroatoms. The molecule has 0 saturated heterocycles. The van der Waals surface area contributed by atoms with E-state index in [9.17, 15) is 0 Å². The van der Waals surface area contributed by atoms with Crippen LogP contribution in [0, 0.1) is 0 Å². The fraction of sp³-hybridized carbons (Fsp3) is 0. The summed E-state index contributed by atoms with van der Waals surface area (Å²) in [5, 5.41) is 4.07. The van der Waals surface area contributed by atoms with Crippen molar-refractivity contribution in [2.45, 2.75) is 0 Å². The van der Waals surface area contributed by atoms with Gasteiger partial charge in [-0.25, -0.2) is 0 Å². The highest BCUT2D eigenvalue weighted by Gasteiger charge is 1.93. The van der Waals surface area contributed by atoms with E-state index in [1.165, 1.54) is 4.24 Å². The molecule has 0 N–H and O–H groups in total. The predicted octanol–water partition coefficient (Wildman–Crippen LogP) is 2.41. The van der Waals surface area contributed by atoms with Crippen molar-refractivity contribution in [1.82, 2.24) is 0 Å². The van der Waals surface area contributed by atoms with Gasteiger partial charge in [-0.3, -0.25) is 0 Å². The van der Waals surface area contributed by atoms with E-state index in [0.717, 1.165) is 0 Å². The van der Waals surface area contributed by atoms with E-state index < -0.39 is 0 Å². The Labute approximate surface area is 45.7 Å². The smallest absolute Gasteiger partial charge is 0.0415 e. The second kappa shape index (κ2) is 1.76. The highest BCUT2D eigenvalue weighted by atomic mass is 32.2. The summed E-state index contributed by atoms with van der Waals surface area (Å²) in [4.78, 5) is 0. The van der Waals surface area contributed by atoms with Gasteiger partial charge in [0.15, 0.2) is 0 Å². The van der Waals surface area contributed by atoms with Crippen LogP contribution in [0.4, 0.5) is 0 Å². The largest absolute Gasteiger partial charge is 0.0908 e. The van der Waals surface area contributed by atoms with Gasteiger partial charge in [0, 0.05) is 4.24 Å². The molecule has 0 saturated carbocycles. The standard InChI is InChI=1S/C4H4S2/c1-4-5-2-3-6-4/h2-3H,1H2. The maximum atomic E-state index is 3.72. The average Bonchev–Trinajstić information content (AvgIpc) is 1.86. The second-order valence-electron chi connectivity index (χ2n) is 0.880. The van der Waals surface area contributed by atoms with Gasteiger partial charge in [0.1, 0.15) is 0 Å². The quantitative estimate of drug-likeness (QED) is 0.476. The number of hydrogen-bond acceptors (Lipinski definition) is 2. The van der Waals surface area contributed by atoms with E-state index in [0.29, 0.717) is 0 Å². The van der Waals surface area contributed by atoms with Crippen LogP contribution < -0.4 is 0 Å². The summed E-state index contributed by atoms with van der Waals surface area (Å²) in [6.45, 7) is 3.72. The zero-order valence-corrected chi connectivity index (χ0v) is 4.81. The van der Waals surface area contributed by atoms with Gasteiger partial charge in [0.25, 0.3) is 0 Å². The van der Waals surface area contributed by atoms with Crippen molar-refractivity contribution in [3.63, 3.8) is 0 Å². The van der Waals surface area contributed by atoms with Crippen LogP contribution in [0.5, 0.6) is 0 Å². The van der Waals surface area contributed by atoms with Crippen molar-refractivity contribution in [3.05, 3.63) is 21.6 Å². The first-order chi connectivity index (χ1) is 2.89. The first kappa shape index (κ1) is 4.34. The van der Waals surface area contributed by atoms with Crippen LogP contribution in [0.1, 0.15) is 0 Å². The summed E-state index contributed by atoms with van der Waals surface area (Å²) in [7, 11) is 0. The predicted molar refractivity (Wildman–Crippen MR) is 33.5 cm³/mol. The average molecular weight is 116 g/mol. The Morgan fingerprint density at radius 1 is 1.33 bits per heavy atom. The summed E-state index contributed by atoms with van der Waals surface area (Å²) < 4.78 is 1.18. The molecule has 0 unspecified atom stereocenters. The van der Waals surface area contributed by atoms with Crippen molar-refractivity contribution in [2.24, 2.45) is 0 Å². The molecule has 0 spiro atoms. The molecule has 6 heavy (non-hydrogen) atoms. The maximum absolute atomic E-state index is 3.72. The Kier molecular flexibility index (Phi) is 1.27. The third-order valence-corrected chi connectivity index (χ3v) is 2.27. The van der Waals surface area contributed by atoms with Gasteiger partial charge in [-0.1, -0.05) is 30.1 Å². The zero-order chi connectivity index (χ0) is 4.41. The molecule has 1 aliphatic heterocycles. The minimum absolute atomic E-state index is 1.18. The second-order valence-corrected chi connectivity index (χ2v) is 3.14. The van der Waals surface area contributed by atoms with Crippen molar-refractivity contribution in [3.8, 4) is 0 Å². The van der Waals surface area contributed by atoms with Crippen LogP contribution >= 0.6 is 23.5 Å². The van der Waals surface area contributed by atoms with Gasteiger partial charge in [0.2, 0.25) is 0 Å². The van der Waals surface area contributed by atoms with E-state index in [1.807, 2.05) is 10.8 Å². The summed E-state index contributed by atoms with van der Waals surface area (Å²) in [6.07, 6.45) is 0. The Morgan fingerprint density at radius 3 is 2.00 bits per heavy atom. The Bertz CT molecular complexity index is 83.7. The van der Waals surface area contributed by atoms with Crippen LogP contribution in [0.3, 0.4) is 0 Å². The maximum Gasteiger partial charge on any atom is 0.0415 e. The van der Waals surface area contributed by atoms with Gasteiger partial charge in [-0.2, -0.15) is 0 Å². The molecule has 0 aromatic heterocycles. The van der Waals surface area contributed by atoms with Crippen molar-refractivity contribution < 1.29 is 0 Å². The summed E-state index contributed by atoms with van der Waals surface area (Å²) in [6, 6.07) is 0. The van der Waals surface area contributed by atoms with E-state index in [-0.39, 0.29) is 0 Å². The Balaban J connectivity index is 2.52. The van der Waals surface area contributed by atoms with Gasteiger partial charge in [0.05, 0.1) is 0 Å². The molecule has 0 aromatic rings. The number of thioether (sulfide) groups is 2. The summed E-state index contributed by atoms with van der Waals surface area (Å²) in [5.74, 6) is 0. The van der Waals surface area contributed by atoms with Crippen LogP contribution in [0.15, 0.2) is 21.6 Å². The SMILES string of the molecule is C=C1SC=CS1. The van der Waals surface area contributed by atoms with E-state index in [4.69, 9.17) is 0 Å². The van der Waals surface area contributed by atoms with Gasteiger partial charge >= 0.3 is 0 Å². The third kappa shape index (κ3) is 0.820. The van der Waals surface area contributed by atoms with E-state index in [2.05, 4.69) is 6.58 Å². The molecule has 0 aromatic carbocycles. The third-order valence-electron chi connectivity index (χ3n) is 0.455. The van der Waals surface area contributed by atoms with Crippen molar-refractivity contribution in [2.75, 3.05) is 0 Å². The molecule has 1 rings (SSSR count). The molecule has 0 nitrogen and oxygen atoms in total. The van der Waals surface area contributed by atoms with E-state index in [1.54, 1.807) is 23.5 Å². The fourth-order valence-electron chi connectivity index (χ4n) is 0.235. The Morgan fingerprint density at radius 2 is 1.83 bits per heavy atom. The molecule has 1 heterocycles. The van der Waals surface area contributed by atoms with Crippen LogP contribution in [0.2, 0.25) is 0 Å². The minimum atomic E-state index is 1.18. The first-order valence-corrected chi connectivity index (χ1v) is 3.33. The lowest BCUT2D eigenvalue weighted by molar-refractivity contribution is 2.55. The van der Waals surface area contributed by atoms with Gasteiger partial charge in [-0.15, -0.1) is 0 Å². The number of rotatable bonds is 0. The lowest BCUT2D eigenvalue weighted by Gasteiger charge is -1.79. The Hall–Kier alpha value is 0.180. The lowest BCUT2D eigenvalue weighted by atomic mass is 11.3. The highest BCUT2D eigenvalue weighted by molar-refractivity contribution is 8.27. The van der Waals surface area contributed by atoms with Gasteiger partial charge in [-0.05, 0) is 10.8 Å². The zero-order valence-electron chi connectivity index (χ0n) is 3.18. The molecule has 0 radical (unpaired) electrons. The molecule has 1 aliphatic rings. The fourth-order valence-corrected chi connectivity index (χ4v) is 1.54. The first-order valence-electron chi connectivity index (χ1n) is 1.57. The van der Waals surface area contributed by atoms with Crippen molar-refractivity contribution in [1.29, 1.82) is 0 Å². The molecule has 0 bridgehead atoms. The normalized spacial score (nSPS) is 19.7. The molecular formula is C4H4S2. The van der Waals surface area contributed by atoms with Gasteiger partial charge < -0.3 is 0 Å². The minimum Gasteiger partial charge on any atom is -0.0908 e. The van der Waals surface area contributed by atoms with Crippen LogP contribution in [-0.4, -0.2) is 0 Å². The lowest BCUT2D eigenvalue weighted by Crippen LogP contribution is -1.40.